The second-order valence-electron chi connectivity index (χ2n) is 32.6. The first-order valence-corrected chi connectivity index (χ1v) is 39.1. The molecule has 12 atom stereocenters. The summed E-state index contributed by atoms with van der Waals surface area (Å²) < 4.78 is 11.0. The van der Waals surface area contributed by atoms with Crippen molar-refractivity contribution in [2.24, 2.45) is 59.2 Å². The highest BCUT2D eigenvalue weighted by molar-refractivity contribution is 6.00. The summed E-state index contributed by atoms with van der Waals surface area (Å²) in [5.74, 6) is -13.7. The average molecular weight is 1550 g/mol. The number of imidazole rings is 1. The number of ether oxygens (including phenoxy) is 2. The molecule has 30 heteroatoms. The standard InChI is InChI=1S/C80H132N12O18/c1-24-54-42-65(95)71(72(100)51(14)40-66-84-57-26-25-55(41-58(57)85-66)74(102)82-30-32-110-34-33-109-31-29-81-67(96)27-28-69(98)99)92(23)80(108)70(50(12)13)91(22)79(107)62(38-48(8)9)90(21)78(106)61(37-47(6)7)89(20)75(103)53(16)83-73(101)52(15)39-63(93)60(36-46(4)5)88(19)77(105)56(49(10)11)43-64(94)59(35-45(2)3)87(18)68(97)44-86(17)76(54)104/h25-26,41,45-54,56,59-62,70-72,100H,24,27-40,42-44H2,1-23H3,(H,81,96)(H,82,102)(H,83,101)(H,84,85)(H,98,99)/t51-,52-,53-,54-,56+,59+,60+,61+,62+,70+,71-,72-/m1/s1. The van der Waals surface area contributed by atoms with E-state index in [-0.39, 0.29) is 133 Å². The van der Waals surface area contributed by atoms with Crippen LogP contribution in [0.25, 0.3) is 11.0 Å². The Labute approximate surface area is 651 Å². The maximum atomic E-state index is 15.6. The van der Waals surface area contributed by atoms with Gasteiger partial charge in [0.05, 0.1) is 68.6 Å². The second-order valence-corrected chi connectivity index (χ2v) is 32.6. The van der Waals surface area contributed by atoms with Gasteiger partial charge in [0, 0.05) is 118 Å². The van der Waals surface area contributed by atoms with Crippen molar-refractivity contribution in [3.8, 4) is 0 Å². The summed E-state index contributed by atoms with van der Waals surface area (Å²) in [6, 6.07) is -3.86. The smallest absolute Gasteiger partial charge is 0.303 e. The van der Waals surface area contributed by atoms with E-state index in [1.807, 2.05) is 55.4 Å². The molecule has 0 radical (unpaired) electrons. The van der Waals surface area contributed by atoms with Crippen molar-refractivity contribution >= 4 is 93.4 Å². The Kier molecular flexibility index (Phi) is 39.5. The minimum absolute atomic E-state index is 0.0136. The highest BCUT2D eigenvalue weighted by Gasteiger charge is 2.46. The van der Waals surface area contributed by atoms with Crippen LogP contribution in [0, 0.1) is 59.2 Å². The number of carboxylic acid groups (broad SMARTS) is 1. The quantitative estimate of drug-likeness (QED) is 0.0578. The van der Waals surface area contributed by atoms with Crippen molar-refractivity contribution in [1.82, 2.24) is 60.2 Å². The number of benzene rings is 1. The summed E-state index contributed by atoms with van der Waals surface area (Å²) >= 11 is 0. The summed E-state index contributed by atoms with van der Waals surface area (Å²) in [6.07, 6.45) is -2.52. The second kappa shape index (κ2) is 45.3. The Hall–Kier alpha value is -8.25. The number of H-pyrrole nitrogens is 1. The fraction of sp³-hybridized carbons (Fsp3) is 0.738. The fourth-order valence-electron chi connectivity index (χ4n) is 14.0. The number of nitrogens with zero attached hydrogens (tertiary/aromatic N) is 8. The number of Topliss-reactive ketones (excluding diaryl/α,β-unsaturated/α-hetero) is 3. The molecule has 1 aromatic carbocycles. The van der Waals surface area contributed by atoms with Crippen LogP contribution in [0.2, 0.25) is 0 Å². The summed E-state index contributed by atoms with van der Waals surface area (Å²) in [6.45, 7) is 28.9. The lowest BCUT2D eigenvalue weighted by molar-refractivity contribution is -0.157. The van der Waals surface area contributed by atoms with Crippen LogP contribution in [-0.2, 0) is 78.2 Å². The normalized spacial score (nSPS) is 23.5. The summed E-state index contributed by atoms with van der Waals surface area (Å²) in [4.78, 5) is 216. The van der Waals surface area contributed by atoms with Gasteiger partial charge in [0.1, 0.15) is 36.0 Å². The van der Waals surface area contributed by atoms with Gasteiger partial charge in [0.25, 0.3) is 5.91 Å². The highest BCUT2D eigenvalue weighted by atomic mass is 16.5. The largest absolute Gasteiger partial charge is 0.481 e. The van der Waals surface area contributed by atoms with Crippen LogP contribution in [0.4, 0.5) is 0 Å². The van der Waals surface area contributed by atoms with Crippen molar-refractivity contribution in [3.05, 3.63) is 29.6 Å². The highest BCUT2D eigenvalue weighted by Crippen LogP contribution is 2.30. The van der Waals surface area contributed by atoms with E-state index >= 15 is 19.2 Å². The molecule has 2 aromatic rings. The van der Waals surface area contributed by atoms with Crippen LogP contribution in [0.1, 0.15) is 191 Å². The van der Waals surface area contributed by atoms with E-state index in [1.54, 1.807) is 66.7 Å². The van der Waals surface area contributed by atoms with E-state index in [1.165, 1.54) is 85.7 Å². The lowest BCUT2D eigenvalue weighted by Crippen LogP contribution is -2.62. The number of hydrogen-bond donors (Lipinski definition) is 6. The van der Waals surface area contributed by atoms with Crippen LogP contribution in [0.3, 0.4) is 0 Å². The van der Waals surface area contributed by atoms with Gasteiger partial charge in [-0.15, -0.1) is 0 Å². The third-order valence-electron chi connectivity index (χ3n) is 20.7. The van der Waals surface area contributed by atoms with E-state index in [4.69, 9.17) is 19.6 Å². The number of carbonyl (C=O) groups excluding carboxylic acids is 13. The number of aromatic nitrogens is 2. The van der Waals surface area contributed by atoms with Crippen LogP contribution >= 0.6 is 0 Å². The van der Waals surface area contributed by atoms with Crippen molar-refractivity contribution in [2.45, 2.75) is 230 Å². The Morgan fingerprint density at radius 1 is 0.555 bits per heavy atom. The van der Waals surface area contributed by atoms with E-state index in [9.17, 15) is 53.1 Å². The molecule has 2 heterocycles. The number of aliphatic hydroxyl groups excluding tert-OH is 1. The molecule has 0 saturated carbocycles. The van der Waals surface area contributed by atoms with Crippen LogP contribution < -0.4 is 16.0 Å². The Morgan fingerprint density at radius 2 is 1.05 bits per heavy atom. The van der Waals surface area contributed by atoms with Gasteiger partial charge in [-0.05, 0) is 98.7 Å². The number of carbonyl (C=O) groups is 14. The lowest BCUT2D eigenvalue weighted by Gasteiger charge is -2.41. The van der Waals surface area contributed by atoms with Crippen LogP contribution in [0.5, 0.6) is 0 Å². The third kappa shape index (κ3) is 28.5. The monoisotopic (exact) mass is 1550 g/mol. The van der Waals surface area contributed by atoms with Gasteiger partial charge in [-0.1, -0.05) is 104 Å². The van der Waals surface area contributed by atoms with Crippen molar-refractivity contribution < 1.29 is 86.8 Å². The molecule has 1 aliphatic rings. The van der Waals surface area contributed by atoms with Crippen molar-refractivity contribution in [2.75, 3.05) is 95.4 Å². The summed E-state index contributed by atoms with van der Waals surface area (Å²) in [5.41, 5.74) is 1.23. The Bertz CT molecular complexity index is 3460. The fourth-order valence-corrected chi connectivity index (χ4v) is 14.0. The van der Waals surface area contributed by atoms with Gasteiger partial charge in [0.2, 0.25) is 53.2 Å². The summed E-state index contributed by atoms with van der Waals surface area (Å²) in [7, 11) is 10.0. The molecule has 0 unspecified atom stereocenters. The molecule has 0 bridgehead atoms. The first kappa shape index (κ1) is 96.0. The molecule has 1 aliphatic heterocycles. The maximum absolute atomic E-state index is 15.6. The molecular formula is C80H132N12O18. The number of fused-ring (bicyclic) bond motifs is 1. The minimum Gasteiger partial charge on any atom is -0.481 e. The molecule has 3 rings (SSSR count). The lowest BCUT2D eigenvalue weighted by atomic mass is 9.84. The number of rotatable bonds is 28. The molecule has 1 saturated heterocycles. The van der Waals surface area contributed by atoms with Gasteiger partial charge >= 0.3 is 5.97 Å². The molecule has 10 amide bonds. The SMILES string of the molecule is CC[C@@H]1CC(=O)[C@H]([C@H](O)[C@H](C)Cc2nc3ccc(C(=O)NCCOCCOCCNC(=O)CCC(=O)O)cc3[nH]2)N(C)C(=O)[C@H](C(C)C)N(C)C(=O)[C@H](CC(C)C)N(C)C(=O)[C@H](CC(C)C)N(C)C(=O)[C@@H](C)NC(=O)[C@H](C)CC(=O)[C@H](CC(C)C)N(C)C(=O)[C@H](C(C)C)CC(=O)[C@H](CC(C)C)N(C)C(=O)CN(C)C1=O. The molecule has 1 aromatic heterocycles. The number of amides is 10. The minimum atomic E-state index is -1.68. The number of aliphatic carboxylic acids is 1. The van der Waals surface area contributed by atoms with E-state index in [2.05, 4.69) is 20.9 Å². The molecule has 0 aliphatic carbocycles. The van der Waals surface area contributed by atoms with E-state index in [0.717, 1.165) is 4.90 Å². The molecule has 6 N–H and O–H groups in total. The number of aromatic amines is 1. The van der Waals surface area contributed by atoms with Crippen LogP contribution in [-0.4, -0.2) is 281 Å². The number of aliphatic hydroxyl groups is 1. The van der Waals surface area contributed by atoms with Gasteiger partial charge in [-0.3, -0.25) is 67.1 Å². The summed E-state index contributed by atoms with van der Waals surface area (Å²) in [5, 5.41) is 29.7. The molecule has 620 valence electrons. The van der Waals surface area contributed by atoms with Gasteiger partial charge in [-0.2, -0.15) is 0 Å². The third-order valence-corrected chi connectivity index (χ3v) is 20.7. The number of nitrogens with one attached hydrogen (secondary N) is 4. The van der Waals surface area contributed by atoms with E-state index in [0.29, 0.717) is 16.9 Å². The predicted octanol–water partition coefficient (Wildman–Crippen LogP) is 5.44. The van der Waals surface area contributed by atoms with Gasteiger partial charge < -0.3 is 74.9 Å². The number of carboxylic acids is 1. The van der Waals surface area contributed by atoms with Gasteiger partial charge in [0.15, 0.2) is 17.3 Å². The molecule has 1 fully saturated rings. The predicted molar refractivity (Wildman–Crippen MR) is 416 cm³/mol. The first-order valence-electron chi connectivity index (χ1n) is 39.1. The van der Waals surface area contributed by atoms with Gasteiger partial charge in [-0.25, -0.2) is 4.98 Å². The van der Waals surface area contributed by atoms with Crippen molar-refractivity contribution in [3.63, 3.8) is 0 Å². The number of hydrogen-bond acceptors (Lipinski definition) is 18. The maximum Gasteiger partial charge on any atom is 0.303 e. The topological polar surface area (TPSA) is 385 Å². The van der Waals surface area contributed by atoms with Crippen molar-refractivity contribution in [1.29, 1.82) is 0 Å². The average Bonchev–Trinajstić information content (AvgIpc) is 1.03. The Morgan fingerprint density at radius 3 is 1.56 bits per heavy atom. The number of ketones is 3. The molecule has 110 heavy (non-hydrogen) atoms. The van der Waals surface area contributed by atoms with Crippen LogP contribution in [0.15, 0.2) is 18.2 Å². The number of likely N-dealkylation sites (N-methyl/N-ethyl adjacent to an activating group) is 7. The zero-order chi connectivity index (χ0) is 83.6. The first-order chi connectivity index (χ1) is 51.3. The van der Waals surface area contributed by atoms with E-state index < -0.39 is 179 Å². The molecule has 30 nitrogen and oxygen atoms in total. The zero-order valence-corrected chi connectivity index (χ0v) is 69.9. The molecule has 0 spiro atoms. The Balaban J connectivity index is 2.19. The zero-order valence-electron chi connectivity index (χ0n) is 69.9. The molecular weight excluding hydrogens is 1420 g/mol.